The monoisotopic (exact) mass is 226 g/mol. The minimum absolute atomic E-state index is 0.190. The van der Waals surface area contributed by atoms with Gasteiger partial charge in [-0.05, 0) is 19.8 Å². The molecule has 0 heterocycles. The van der Waals surface area contributed by atoms with Gasteiger partial charge in [0.2, 0.25) is 0 Å². The first-order valence-corrected chi connectivity index (χ1v) is 6.56. The van der Waals surface area contributed by atoms with Crippen LogP contribution in [0, 0.1) is 5.92 Å². The molecule has 0 radical (unpaired) electrons. The maximum Gasteiger partial charge on any atom is 0.135 e. The molecule has 0 saturated carbocycles. The molecule has 0 aromatic rings. The average molecular weight is 226 g/mol. The van der Waals surface area contributed by atoms with Crippen LogP contribution < -0.4 is 0 Å². The molecule has 0 aromatic heterocycles. The van der Waals surface area contributed by atoms with Crippen molar-refractivity contribution in [3.05, 3.63) is 0 Å². The molecule has 0 aliphatic carbocycles. The van der Waals surface area contributed by atoms with E-state index in [0.717, 1.165) is 38.5 Å². The maximum absolute atomic E-state index is 11.3. The van der Waals surface area contributed by atoms with Gasteiger partial charge in [0.15, 0.2) is 0 Å². The Morgan fingerprint density at radius 1 is 0.812 bits per heavy atom. The standard InChI is InChI=1S/C14H26O2/c1-12(2)14(16)11-9-7-5-4-6-8-10-13(3)15/h12H,4-11H2,1-3H3. The summed E-state index contributed by atoms with van der Waals surface area (Å²) in [5.74, 6) is 0.870. The van der Waals surface area contributed by atoms with E-state index in [1.165, 1.54) is 12.8 Å². The molecule has 0 atom stereocenters. The fourth-order valence-corrected chi connectivity index (χ4v) is 1.67. The van der Waals surface area contributed by atoms with Crippen molar-refractivity contribution in [3.63, 3.8) is 0 Å². The summed E-state index contributed by atoms with van der Waals surface area (Å²) < 4.78 is 0. The van der Waals surface area contributed by atoms with E-state index in [1.807, 2.05) is 13.8 Å². The van der Waals surface area contributed by atoms with Crippen molar-refractivity contribution in [3.8, 4) is 0 Å². The highest BCUT2D eigenvalue weighted by atomic mass is 16.1. The van der Waals surface area contributed by atoms with Gasteiger partial charge < -0.3 is 4.79 Å². The molecule has 94 valence electrons. The number of carbonyl (C=O) groups excluding carboxylic acids is 2. The number of hydrogen-bond acceptors (Lipinski definition) is 2. The summed E-state index contributed by atoms with van der Waals surface area (Å²) in [6.07, 6.45) is 8.23. The van der Waals surface area contributed by atoms with Crippen molar-refractivity contribution >= 4 is 11.6 Å². The topological polar surface area (TPSA) is 34.1 Å². The second-order valence-electron chi connectivity index (χ2n) is 4.94. The van der Waals surface area contributed by atoms with Crippen molar-refractivity contribution in [1.29, 1.82) is 0 Å². The SMILES string of the molecule is CC(=O)CCCCCCCCC(=O)C(C)C. The fourth-order valence-electron chi connectivity index (χ4n) is 1.67. The summed E-state index contributed by atoms with van der Waals surface area (Å²) in [6, 6.07) is 0. The Hall–Kier alpha value is -0.660. The van der Waals surface area contributed by atoms with Gasteiger partial charge in [0.25, 0.3) is 0 Å². The Bertz CT molecular complexity index is 207. The smallest absolute Gasteiger partial charge is 0.135 e. The van der Waals surface area contributed by atoms with E-state index < -0.39 is 0 Å². The molecule has 0 aliphatic rings. The van der Waals surface area contributed by atoms with E-state index in [4.69, 9.17) is 0 Å². The van der Waals surface area contributed by atoms with Gasteiger partial charge >= 0.3 is 0 Å². The van der Waals surface area contributed by atoms with Crippen LogP contribution in [0.1, 0.15) is 72.1 Å². The molecule has 0 amide bonds. The first-order chi connectivity index (χ1) is 7.54. The van der Waals surface area contributed by atoms with E-state index in [1.54, 1.807) is 6.92 Å². The molecule has 0 aliphatic heterocycles. The lowest BCUT2D eigenvalue weighted by Crippen LogP contribution is -2.05. The van der Waals surface area contributed by atoms with Crippen molar-refractivity contribution < 1.29 is 9.59 Å². The molecule has 0 aromatic carbocycles. The zero-order valence-electron chi connectivity index (χ0n) is 11.1. The van der Waals surface area contributed by atoms with Crippen LogP contribution in [0.4, 0.5) is 0 Å². The quantitative estimate of drug-likeness (QED) is 0.529. The van der Waals surface area contributed by atoms with Crippen LogP contribution in [-0.4, -0.2) is 11.6 Å². The van der Waals surface area contributed by atoms with Crippen LogP contribution in [0.2, 0.25) is 0 Å². The number of unbranched alkanes of at least 4 members (excludes halogenated alkanes) is 5. The average Bonchev–Trinajstić information content (AvgIpc) is 2.21. The van der Waals surface area contributed by atoms with Crippen molar-refractivity contribution in [2.75, 3.05) is 0 Å². The van der Waals surface area contributed by atoms with Crippen LogP contribution in [-0.2, 0) is 9.59 Å². The van der Waals surface area contributed by atoms with E-state index >= 15 is 0 Å². The lowest BCUT2D eigenvalue weighted by atomic mass is 10.0. The Balaban J connectivity index is 3.16. The number of ketones is 2. The summed E-state index contributed by atoms with van der Waals surface area (Å²) in [7, 11) is 0. The highest BCUT2D eigenvalue weighted by Crippen LogP contribution is 2.10. The summed E-state index contributed by atoms with van der Waals surface area (Å²) in [5.41, 5.74) is 0. The van der Waals surface area contributed by atoms with E-state index in [-0.39, 0.29) is 5.92 Å². The summed E-state index contributed by atoms with van der Waals surface area (Å²) in [6.45, 7) is 5.58. The number of rotatable bonds is 10. The zero-order valence-corrected chi connectivity index (χ0v) is 11.1. The highest BCUT2D eigenvalue weighted by Gasteiger charge is 2.05. The molecule has 0 bridgehead atoms. The van der Waals surface area contributed by atoms with Gasteiger partial charge in [-0.2, -0.15) is 0 Å². The molecule has 0 spiro atoms. The van der Waals surface area contributed by atoms with Crippen LogP contribution >= 0.6 is 0 Å². The summed E-state index contributed by atoms with van der Waals surface area (Å²) >= 11 is 0. The van der Waals surface area contributed by atoms with Crippen molar-refractivity contribution in [2.45, 2.75) is 72.1 Å². The number of Topliss-reactive ketones (excluding diaryl/α,β-unsaturated/α-hetero) is 2. The third kappa shape index (κ3) is 9.88. The lowest BCUT2D eigenvalue weighted by molar-refractivity contribution is -0.122. The van der Waals surface area contributed by atoms with Gasteiger partial charge in [-0.15, -0.1) is 0 Å². The molecule has 0 unspecified atom stereocenters. The van der Waals surface area contributed by atoms with E-state index in [9.17, 15) is 9.59 Å². The second-order valence-corrected chi connectivity index (χ2v) is 4.94. The molecule has 2 heteroatoms. The van der Waals surface area contributed by atoms with Gasteiger partial charge in [-0.3, -0.25) is 4.79 Å². The second kappa shape index (κ2) is 9.56. The Morgan fingerprint density at radius 2 is 1.25 bits per heavy atom. The maximum atomic E-state index is 11.3. The highest BCUT2D eigenvalue weighted by molar-refractivity contribution is 5.80. The molecule has 2 nitrogen and oxygen atoms in total. The molecular weight excluding hydrogens is 200 g/mol. The van der Waals surface area contributed by atoms with Crippen molar-refractivity contribution in [2.24, 2.45) is 5.92 Å². The Morgan fingerprint density at radius 3 is 1.69 bits per heavy atom. The molecule has 0 rings (SSSR count). The largest absolute Gasteiger partial charge is 0.300 e. The van der Waals surface area contributed by atoms with Gasteiger partial charge in [0, 0.05) is 18.8 Å². The number of carbonyl (C=O) groups is 2. The van der Waals surface area contributed by atoms with Crippen molar-refractivity contribution in [1.82, 2.24) is 0 Å². The van der Waals surface area contributed by atoms with Crippen LogP contribution in [0.3, 0.4) is 0 Å². The van der Waals surface area contributed by atoms with Crippen LogP contribution in [0.25, 0.3) is 0 Å². The zero-order chi connectivity index (χ0) is 12.4. The molecule has 0 saturated heterocycles. The Kier molecular flexibility index (Phi) is 9.16. The van der Waals surface area contributed by atoms with Gasteiger partial charge in [-0.1, -0.05) is 39.5 Å². The molecule has 0 N–H and O–H groups in total. The van der Waals surface area contributed by atoms with Gasteiger partial charge in [0.1, 0.15) is 11.6 Å². The normalized spacial score (nSPS) is 10.8. The minimum atomic E-state index is 0.190. The van der Waals surface area contributed by atoms with Gasteiger partial charge in [0.05, 0.1) is 0 Å². The summed E-state index contributed by atoms with van der Waals surface area (Å²) in [4.78, 5) is 22.0. The predicted molar refractivity (Wildman–Crippen MR) is 67.5 cm³/mol. The van der Waals surface area contributed by atoms with E-state index in [2.05, 4.69) is 0 Å². The third-order valence-corrected chi connectivity index (χ3v) is 2.85. The first-order valence-electron chi connectivity index (χ1n) is 6.56. The van der Waals surface area contributed by atoms with Crippen LogP contribution in [0.5, 0.6) is 0 Å². The summed E-state index contributed by atoms with van der Waals surface area (Å²) in [5, 5.41) is 0. The third-order valence-electron chi connectivity index (χ3n) is 2.85. The predicted octanol–water partition coefficient (Wildman–Crippen LogP) is 3.92. The molecule has 0 fully saturated rings. The Labute approximate surface area is 99.8 Å². The van der Waals surface area contributed by atoms with Gasteiger partial charge in [-0.25, -0.2) is 0 Å². The number of hydrogen-bond donors (Lipinski definition) is 0. The fraction of sp³-hybridized carbons (Fsp3) is 0.857. The molecular formula is C14H26O2. The minimum Gasteiger partial charge on any atom is -0.300 e. The molecule has 16 heavy (non-hydrogen) atoms. The first kappa shape index (κ1) is 15.3. The lowest BCUT2D eigenvalue weighted by Gasteiger charge is -2.03. The van der Waals surface area contributed by atoms with Crippen LogP contribution in [0.15, 0.2) is 0 Å². The van der Waals surface area contributed by atoms with E-state index in [0.29, 0.717) is 11.6 Å².